The zero-order chi connectivity index (χ0) is 16.9. The number of anilines is 1. The van der Waals surface area contributed by atoms with Gasteiger partial charge in [0, 0.05) is 21.0 Å². The van der Waals surface area contributed by atoms with E-state index in [0.29, 0.717) is 5.56 Å². The van der Waals surface area contributed by atoms with Crippen molar-refractivity contribution in [3.63, 3.8) is 0 Å². The van der Waals surface area contributed by atoms with E-state index in [-0.39, 0.29) is 5.91 Å². The van der Waals surface area contributed by atoms with E-state index in [0.717, 1.165) is 16.1 Å². The number of amides is 1. The van der Waals surface area contributed by atoms with Crippen LogP contribution in [0.4, 0.5) is 5.69 Å². The van der Waals surface area contributed by atoms with Crippen molar-refractivity contribution in [3.8, 4) is 0 Å². The summed E-state index contributed by atoms with van der Waals surface area (Å²) in [6.07, 6.45) is 0. The van der Waals surface area contributed by atoms with Crippen molar-refractivity contribution < 1.29 is 4.79 Å². The minimum absolute atomic E-state index is 0.0889. The smallest absolute Gasteiger partial charge is 0.255 e. The van der Waals surface area contributed by atoms with Gasteiger partial charge in [-0.1, -0.05) is 47.2 Å². The first kappa shape index (κ1) is 16.3. The van der Waals surface area contributed by atoms with Gasteiger partial charge in [-0.25, -0.2) is 0 Å². The lowest BCUT2D eigenvalue weighted by Crippen LogP contribution is -2.11. The molecule has 3 heteroatoms. The van der Waals surface area contributed by atoms with Gasteiger partial charge >= 0.3 is 0 Å². The molecular weight excluding hydrogens is 314 g/mol. The molecule has 2 nitrogen and oxygen atoms in total. The van der Waals surface area contributed by atoms with E-state index in [9.17, 15) is 4.79 Å². The van der Waals surface area contributed by atoms with E-state index in [2.05, 4.69) is 36.5 Å². The van der Waals surface area contributed by atoms with Crippen molar-refractivity contribution in [2.24, 2.45) is 0 Å². The van der Waals surface area contributed by atoms with Crippen LogP contribution in [-0.2, 0) is 0 Å². The Bertz CT molecular complexity index is 821. The highest BCUT2D eigenvalue weighted by molar-refractivity contribution is 7.99. The SMILES string of the molecule is Cc1ccc(Sc2ccc(NC(=O)c3ccc(C)cc3)cc2)cc1. The fraction of sp³-hybridized carbons (Fsp3) is 0.0952. The highest BCUT2D eigenvalue weighted by atomic mass is 32.2. The first-order chi connectivity index (χ1) is 11.6. The molecule has 0 fully saturated rings. The first-order valence-corrected chi connectivity index (χ1v) is 8.64. The molecule has 0 radical (unpaired) electrons. The van der Waals surface area contributed by atoms with Gasteiger partial charge < -0.3 is 5.32 Å². The Hall–Kier alpha value is -2.52. The van der Waals surface area contributed by atoms with Gasteiger partial charge in [0.25, 0.3) is 5.91 Å². The van der Waals surface area contributed by atoms with Gasteiger partial charge in [-0.2, -0.15) is 0 Å². The van der Waals surface area contributed by atoms with Gasteiger partial charge in [-0.05, 0) is 62.4 Å². The number of benzene rings is 3. The minimum atomic E-state index is -0.0889. The summed E-state index contributed by atoms with van der Waals surface area (Å²) in [6, 6.07) is 23.9. The number of aryl methyl sites for hydroxylation is 2. The molecule has 0 aromatic heterocycles. The van der Waals surface area contributed by atoms with Crippen molar-refractivity contribution in [2.45, 2.75) is 23.6 Å². The fourth-order valence-electron chi connectivity index (χ4n) is 2.26. The summed E-state index contributed by atoms with van der Waals surface area (Å²) >= 11 is 1.71. The zero-order valence-corrected chi connectivity index (χ0v) is 14.6. The summed E-state index contributed by atoms with van der Waals surface area (Å²) in [5.74, 6) is -0.0889. The molecule has 0 aliphatic rings. The van der Waals surface area contributed by atoms with Crippen LogP contribution in [0.3, 0.4) is 0 Å². The highest BCUT2D eigenvalue weighted by Gasteiger charge is 2.06. The van der Waals surface area contributed by atoms with E-state index < -0.39 is 0 Å². The Labute approximate surface area is 146 Å². The molecule has 24 heavy (non-hydrogen) atoms. The second-order valence-corrected chi connectivity index (χ2v) is 6.91. The summed E-state index contributed by atoms with van der Waals surface area (Å²) < 4.78 is 0. The largest absolute Gasteiger partial charge is 0.322 e. The van der Waals surface area contributed by atoms with Crippen LogP contribution in [0.15, 0.2) is 82.6 Å². The number of hydrogen-bond acceptors (Lipinski definition) is 2. The summed E-state index contributed by atoms with van der Waals surface area (Å²) in [4.78, 5) is 14.6. The molecule has 0 aliphatic carbocycles. The second kappa shape index (κ2) is 7.37. The van der Waals surface area contributed by atoms with Crippen LogP contribution >= 0.6 is 11.8 Å². The van der Waals surface area contributed by atoms with E-state index in [1.165, 1.54) is 10.5 Å². The van der Waals surface area contributed by atoms with Crippen LogP contribution in [0, 0.1) is 13.8 Å². The lowest BCUT2D eigenvalue weighted by Gasteiger charge is -2.07. The molecule has 1 amide bonds. The van der Waals surface area contributed by atoms with Gasteiger partial charge in [0.05, 0.1) is 0 Å². The molecule has 0 saturated carbocycles. The van der Waals surface area contributed by atoms with Crippen molar-refractivity contribution in [3.05, 3.63) is 89.5 Å². The molecule has 0 unspecified atom stereocenters. The van der Waals surface area contributed by atoms with Gasteiger partial charge in [0.2, 0.25) is 0 Å². The molecule has 3 aromatic rings. The number of carbonyl (C=O) groups is 1. The van der Waals surface area contributed by atoms with Gasteiger partial charge in [0.15, 0.2) is 0 Å². The van der Waals surface area contributed by atoms with E-state index in [4.69, 9.17) is 0 Å². The number of hydrogen-bond donors (Lipinski definition) is 1. The van der Waals surface area contributed by atoms with Crippen LogP contribution in [0.1, 0.15) is 21.5 Å². The lowest BCUT2D eigenvalue weighted by molar-refractivity contribution is 0.102. The Morgan fingerprint density at radius 2 is 1.17 bits per heavy atom. The van der Waals surface area contributed by atoms with Crippen LogP contribution in [0.5, 0.6) is 0 Å². The predicted molar refractivity (Wildman–Crippen MR) is 101 cm³/mol. The van der Waals surface area contributed by atoms with Gasteiger partial charge in [-0.3, -0.25) is 4.79 Å². The van der Waals surface area contributed by atoms with Crippen LogP contribution in [0.2, 0.25) is 0 Å². The maximum Gasteiger partial charge on any atom is 0.255 e. The van der Waals surface area contributed by atoms with E-state index >= 15 is 0 Å². The third-order valence-corrected chi connectivity index (χ3v) is 4.70. The normalized spacial score (nSPS) is 10.4. The zero-order valence-electron chi connectivity index (χ0n) is 13.7. The van der Waals surface area contributed by atoms with Crippen molar-refractivity contribution in [1.29, 1.82) is 0 Å². The summed E-state index contributed by atoms with van der Waals surface area (Å²) in [7, 11) is 0. The first-order valence-electron chi connectivity index (χ1n) is 7.83. The molecule has 0 heterocycles. The van der Waals surface area contributed by atoms with Crippen LogP contribution in [0.25, 0.3) is 0 Å². The maximum absolute atomic E-state index is 12.2. The minimum Gasteiger partial charge on any atom is -0.322 e. The van der Waals surface area contributed by atoms with Gasteiger partial charge in [-0.15, -0.1) is 0 Å². The average Bonchev–Trinajstić information content (AvgIpc) is 2.59. The van der Waals surface area contributed by atoms with Crippen LogP contribution in [-0.4, -0.2) is 5.91 Å². The summed E-state index contributed by atoms with van der Waals surface area (Å²) in [5, 5.41) is 2.93. The standard InChI is InChI=1S/C21H19NOS/c1-15-3-7-17(8-4-15)21(23)22-18-9-13-20(14-10-18)24-19-11-5-16(2)6-12-19/h3-14H,1-2H3,(H,22,23). The third kappa shape index (κ3) is 4.27. The molecule has 120 valence electrons. The van der Waals surface area contributed by atoms with E-state index in [1.54, 1.807) is 11.8 Å². The van der Waals surface area contributed by atoms with Crippen molar-refractivity contribution in [2.75, 3.05) is 5.32 Å². The Morgan fingerprint density at radius 1 is 0.708 bits per heavy atom. The van der Waals surface area contributed by atoms with Gasteiger partial charge in [0.1, 0.15) is 0 Å². The summed E-state index contributed by atoms with van der Waals surface area (Å²) in [6.45, 7) is 4.09. The molecular formula is C21H19NOS. The molecule has 0 atom stereocenters. The predicted octanol–water partition coefficient (Wildman–Crippen LogP) is 5.71. The van der Waals surface area contributed by atoms with Crippen LogP contribution < -0.4 is 5.32 Å². The Morgan fingerprint density at radius 3 is 1.71 bits per heavy atom. The Kier molecular flexibility index (Phi) is 5.02. The van der Waals surface area contributed by atoms with Crippen molar-refractivity contribution in [1.82, 2.24) is 0 Å². The topological polar surface area (TPSA) is 29.1 Å². The second-order valence-electron chi connectivity index (χ2n) is 5.76. The highest BCUT2D eigenvalue weighted by Crippen LogP contribution is 2.28. The molecule has 0 saturated heterocycles. The third-order valence-electron chi connectivity index (χ3n) is 3.68. The monoisotopic (exact) mass is 333 g/mol. The molecule has 0 bridgehead atoms. The Balaban J connectivity index is 1.64. The number of carbonyl (C=O) groups excluding carboxylic acids is 1. The molecule has 3 rings (SSSR count). The van der Waals surface area contributed by atoms with Crippen molar-refractivity contribution >= 4 is 23.4 Å². The lowest BCUT2D eigenvalue weighted by atomic mass is 10.1. The molecule has 0 aliphatic heterocycles. The fourth-order valence-corrected chi connectivity index (χ4v) is 3.07. The quantitative estimate of drug-likeness (QED) is 0.663. The number of nitrogens with one attached hydrogen (secondary N) is 1. The summed E-state index contributed by atoms with van der Waals surface area (Å²) in [5.41, 5.74) is 3.87. The molecule has 1 N–H and O–H groups in total. The maximum atomic E-state index is 12.2. The molecule has 3 aromatic carbocycles. The van der Waals surface area contributed by atoms with E-state index in [1.807, 2.05) is 55.5 Å². The molecule has 0 spiro atoms. The number of rotatable bonds is 4. The average molecular weight is 333 g/mol.